The lowest BCUT2D eigenvalue weighted by Crippen LogP contribution is -2.28. The summed E-state index contributed by atoms with van der Waals surface area (Å²) in [7, 11) is 0. The molecule has 0 aromatic rings. The molecule has 0 aliphatic carbocycles. The average molecular weight is 255 g/mol. The van der Waals surface area contributed by atoms with Crippen LogP contribution in [0.3, 0.4) is 0 Å². The lowest BCUT2D eigenvalue weighted by Gasteiger charge is -2.09. The van der Waals surface area contributed by atoms with Crippen LogP contribution in [0.25, 0.3) is 0 Å². The highest BCUT2D eigenvalue weighted by molar-refractivity contribution is 6.05. The predicted octanol–water partition coefficient (Wildman–Crippen LogP) is 2.10. The number of aliphatic imine (C=N–C) groups is 1. The van der Waals surface area contributed by atoms with Crippen LogP contribution in [0.1, 0.15) is 20.3 Å². The van der Waals surface area contributed by atoms with E-state index in [-0.39, 0.29) is 13.2 Å². The number of esters is 1. The summed E-state index contributed by atoms with van der Waals surface area (Å²) in [6, 6.07) is 0. The Morgan fingerprint density at radius 2 is 1.65 bits per heavy atom. The molecule has 0 bridgehead atoms. The van der Waals surface area contributed by atoms with Crippen LogP contribution in [-0.2, 0) is 14.3 Å². The van der Waals surface area contributed by atoms with Crippen LogP contribution in [0.15, 0.2) is 4.99 Å². The van der Waals surface area contributed by atoms with Gasteiger partial charge in [-0.25, -0.2) is 4.79 Å². The van der Waals surface area contributed by atoms with Crippen molar-refractivity contribution < 1.29 is 32.2 Å². The summed E-state index contributed by atoms with van der Waals surface area (Å²) in [5, 5.41) is 0. The predicted molar refractivity (Wildman–Crippen MR) is 51.8 cm³/mol. The minimum absolute atomic E-state index is 0.0522. The number of halogens is 3. The lowest BCUT2D eigenvalue weighted by molar-refractivity contribution is -0.142. The quantitative estimate of drug-likeness (QED) is 0.570. The highest BCUT2D eigenvalue weighted by Gasteiger charge is 2.38. The van der Waals surface area contributed by atoms with Crippen molar-refractivity contribution in [3.8, 4) is 0 Å². The average Bonchev–Trinajstić information content (AvgIpc) is 2.16. The first kappa shape index (κ1) is 15.4. The van der Waals surface area contributed by atoms with E-state index >= 15 is 0 Å². The first-order valence-electron chi connectivity index (χ1n) is 4.78. The van der Waals surface area contributed by atoms with Gasteiger partial charge >= 0.3 is 18.2 Å². The molecule has 0 saturated carbocycles. The Morgan fingerprint density at radius 3 is 2.06 bits per heavy atom. The molecule has 0 radical (unpaired) electrons. The van der Waals surface area contributed by atoms with E-state index in [0.29, 0.717) is 0 Å². The molecule has 0 spiro atoms. The van der Waals surface area contributed by atoms with Crippen LogP contribution in [0.5, 0.6) is 0 Å². The largest absolute Gasteiger partial charge is 0.466 e. The van der Waals surface area contributed by atoms with E-state index in [0.717, 1.165) is 0 Å². The van der Waals surface area contributed by atoms with Gasteiger partial charge in [0.05, 0.1) is 19.6 Å². The fourth-order valence-electron chi connectivity index (χ4n) is 0.818. The van der Waals surface area contributed by atoms with Gasteiger partial charge in [-0.3, -0.25) is 4.79 Å². The van der Waals surface area contributed by atoms with Crippen molar-refractivity contribution >= 4 is 17.8 Å². The summed E-state index contributed by atoms with van der Waals surface area (Å²) in [6.07, 6.45) is -7.38. The molecule has 0 heterocycles. The zero-order valence-electron chi connectivity index (χ0n) is 9.34. The maximum absolute atomic E-state index is 12.4. The number of hydrogen-bond acceptors (Lipinski definition) is 4. The molecule has 8 heteroatoms. The summed E-state index contributed by atoms with van der Waals surface area (Å²) in [4.78, 5) is 24.4. The Balaban J connectivity index is 4.78. The van der Waals surface area contributed by atoms with E-state index in [1.54, 1.807) is 0 Å². The van der Waals surface area contributed by atoms with E-state index in [1.165, 1.54) is 13.8 Å². The zero-order valence-corrected chi connectivity index (χ0v) is 9.34. The number of carbonyl (C=O) groups is 2. The highest BCUT2D eigenvalue weighted by Crippen LogP contribution is 2.20. The molecule has 0 atom stereocenters. The van der Waals surface area contributed by atoms with Crippen LogP contribution in [-0.4, -0.2) is 37.2 Å². The van der Waals surface area contributed by atoms with E-state index in [9.17, 15) is 22.8 Å². The SMILES string of the molecule is CCOC(=O)CC(=NC(=O)OCC)C(F)(F)F. The van der Waals surface area contributed by atoms with E-state index in [2.05, 4.69) is 14.5 Å². The van der Waals surface area contributed by atoms with Crippen LogP contribution >= 0.6 is 0 Å². The molecule has 5 nitrogen and oxygen atoms in total. The number of carbonyl (C=O) groups excluding carboxylic acids is 2. The van der Waals surface area contributed by atoms with Gasteiger partial charge in [0.15, 0.2) is 0 Å². The molecule has 0 saturated heterocycles. The van der Waals surface area contributed by atoms with Crippen molar-refractivity contribution in [1.82, 2.24) is 0 Å². The number of alkyl halides is 3. The summed E-state index contributed by atoms with van der Waals surface area (Å²) in [5.74, 6) is -1.10. The Kier molecular flexibility index (Phi) is 6.22. The second-order valence-electron chi connectivity index (χ2n) is 2.74. The molecule has 0 rings (SSSR count). The van der Waals surface area contributed by atoms with Crippen molar-refractivity contribution in [2.24, 2.45) is 4.99 Å². The van der Waals surface area contributed by atoms with Crippen molar-refractivity contribution in [2.75, 3.05) is 13.2 Å². The van der Waals surface area contributed by atoms with Gasteiger partial charge < -0.3 is 9.47 Å². The Bertz CT molecular complexity index is 312. The lowest BCUT2D eigenvalue weighted by atomic mass is 10.2. The highest BCUT2D eigenvalue weighted by atomic mass is 19.4. The Labute approximate surface area is 95.6 Å². The normalized spacial score (nSPS) is 12.2. The summed E-state index contributed by atoms with van der Waals surface area (Å²) in [6.45, 7) is 2.72. The summed E-state index contributed by atoms with van der Waals surface area (Å²) < 4.78 is 45.7. The third-order valence-corrected chi connectivity index (χ3v) is 1.44. The van der Waals surface area contributed by atoms with Gasteiger partial charge in [0.2, 0.25) is 0 Å². The third-order valence-electron chi connectivity index (χ3n) is 1.44. The summed E-state index contributed by atoms with van der Waals surface area (Å²) >= 11 is 0. The smallest absolute Gasteiger partial charge is 0.433 e. The topological polar surface area (TPSA) is 65.0 Å². The minimum Gasteiger partial charge on any atom is -0.466 e. The fraction of sp³-hybridized carbons (Fsp3) is 0.667. The van der Waals surface area contributed by atoms with Crippen LogP contribution < -0.4 is 0 Å². The molecule has 0 aliphatic heterocycles. The minimum atomic E-state index is -4.88. The van der Waals surface area contributed by atoms with E-state index in [4.69, 9.17) is 0 Å². The Morgan fingerprint density at radius 1 is 1.12 bits per heavy atom. The second-order valence-corrected chi connectivity index (χ2v) is 2.74. The number of amides is 1. The van der Waals surface area contributed by atoms with Gasteiger partial charge in [0.25, 0.3) is 0 Å². The molecule has 0 N–H and O–H groups in total. The number of nitrogens with zero attached hydrogens (tertiary/aromatic N) is 1. The molecular formula is C9H12F3NO4. The zero-order chi connectivity index (χ0) is 13.5. The van der Waals surface area contributed by atoms with Gasteiger partial charge in [0.1, 0.15) is 5.71 Å². The van der Waals surface area contributed by atoms with Crippen LogP contribution in [0.2, 0.25) is 0 Å². The molecule has 0 fully saturated rings. The monoisotopic (exact) mass is 255 g/mol. The number of ether oxygens (including phenoxy) is 2. The number of hydrogen-bond donors (Lipinski definition) is 0. The number of rotatable bonds is 4. The first-order chi connectivity index (χ1) is 7.81. The molecule has 17 heavy (non-hydrogen) atoms. The molecule has 98 valence electrons. The summed E-state index contributed by atoms with van der Waals surface area (Å²) in [5.41, 5.74) is -1.53. The molecule has 1 amide bonds. The first-order valence-corrected chi connectivity index (χ1v) is 4.78. The van der Waals surface area contributed by atoms with Gasteiger partial charge in [-0.15, -0.1) is 0 Å². The van der Waals surface area contributed by atoms with Crippen molar-refractivity contribution in [1.29, 1.82) is 0 Å². The van der Waals surface area contributed by atoms with E-state index in [1.807, 2.05) is 0 Å². The maximum atomic E-state index is 12.4. The Hall–Kier alpha value is -1.60. The van der Waals surface area contributed by atoms with Crippen molar-refractivity contribution in [3.05, 3.63) is 0 Å². The van der Waals surface area contributed by atoms with Gasteiger partial charge in [-0.05, 0) is 13.8 Å². The van der Waals surface area contributed by atoms with Crippen LogP contribution in [0, 0.1) is 0 Å². The molecular weight excluding hydrogens is 243 g/mol. The maximum Gasteiger partial charge on any atom is 0.433 e. The standard InChI is InChI=1S/C9H12F3NO4/c1-3-16-7(14)5-6(9(10,11)12)13-8(15)17-4-2/h3-5H2,1-2H3. The second kappa shape index (κ2) is 6.87. The molecule has 0 aromatic heterocycles. The van der Waals surface area contributed by atoms with Gasteiger partial charge in [-0.2, -0.15) is 18.2 Å². The molecule has 0 aromatic carbocycles. The van der Waals surface area contributed by atoms with Crippen LogP contribution in [0.4, 0.5) is 18.0 Å². The molecule has 0 aliphatic rings. The molecule has 0 unspecified atom stereocenters. The third kappa shape index (κ3) is 6.54. The van der Waals surface area contributed by atoms with Crippen molar-refractivity contribution in [2.45, 2.75) is 26.4 Å². The van der Waals surface area contributed by atoms with Gasteiger partial charge in [0, 0.05) is 0 Å². The van der Waals surface area contributed by atoms with Crippen molar-refractivity contribution in [3.63, 3.8) is 0 Å². The van der Waals surface area contributed by atoms with E-state index < -0.39 is 30.4 Å². The fourth-order valence-corrected chi connectivity index (χ4v) is 0.818. The van der Waals surface area contributed by atoms with Gasteiger partial charge in [-0.1, -0.05) is 0 Å².